The number of nitrogens with zero attached hydrogens (tertiary/aromatic N) is 1. The number of hydrogen-bond donors (Lipinski definition) is 1. The monoisotopic (exact) mass is 1150 g/mol. The number of amides is 1. The van der Waals surface area contributed by atoms with Gasteiger partial charge in [0.25, 0.3) is 7.82 Å². The standard InChI is InChI=1S/C71H123N2O7P/c1-7-10-13-16-19-22-25-28-30-32-34-36-38-40-42-45-48-51-54-57-60-63-70(74)72-68(67-79-81(76,77)78-66-65-73(4,5)6)69(62-59-56-53-50-47-44-27-24-21-18-15-12-9-3)80-71(75)64-61-58-55-52-49-46-43-41-39-37-35-33-31-29-26-23-20-17-14-11-8-2/h11,14,19-20,22-23,28-31,34-37,40-43,59,62,68-69H,7-10,12-13,15-18,21,24-27,32-33,38-39,44-58,60-61,63-67H2,1-6H3,(H-,72,74,76,77)/b14-11-,22-19-,23-20-,30-28-,31-29-,36-34-,37-35-,42-40-,43-41-,62-59+. The van der Waals surface area contributed by atoms with Crippen LogP contribution >= 0.6 is 7.82 Å². The third-order valence-electron chi connectivity index (χ3n) is 13.9. The van der Waals surface area contributed by atoms with Gasteiger partial charge >= 0.3 is 5.97 Å². The Morgan fingerprint density at radius 2 is 0.790 bits per heavy atom. The maximum Gasteiger partial charge on any atom is 0.306 e. The topological polar surface area (TPSA) is 114 Å². The van der Waals surface area contributed by atoms with E-state index in [0.717, 1.165) is 135 Å². The Kier molecular flexibility index (Phi) is 56.9. The lowest BCUT2D eigenvalue weighted by molar-refractivity contribution is -0.870. The van der Waals surface area contributed by atoms with Crippen LogP contribution in [-0.2, 0) is 27.9 Å². The third-order valence-corrected chi connectivity index (χ3v) is 14.8. The van der Waals surface area contributed by atoms with E-state index in [0.29, 0.717) is 23.9 Å². The molecule has 3 atom stereocenters. The molecule has 0 saturated carbocycles. The molecule has 1 amide bonds. The van der Waals surface area contributed by atoms with E-state index in [1.165, 1.54) is 83.5 Å². The van der Waals surface area contributed by atoms with E-state index in [4.69, 9.17) is 13.8 Å². The summed E-state index contributed by atoms with van der Waals surface area (Å²) in [5.74, 6) is -0.589. The Hall–Kier alpha value is -3.59. The minimum atomic E-state index is -4.72. The number of phosphoric ester groups is 1. The van der Waals surface area contributed by atoms with Crippen LogP contribution in [0.1, 0.15) is 265 Å². The van der Waals surface area contributed by atoms with Crippen molar-refractivity contribution in [1.29, 1.82) is 0 Å². The van der Waals surface area contributed by atoms with Crippen molar-refractivity contribution in [3.8, 4) is 0 Å². The Balaban J connectivity index is 5.32. The van der Waals surface area contributed by atoms with Gasteiger partial charge in [-0.15, -0.1) is 0 Å². The van der Waals surface area contributed by atoms with Gasteiger partial charge in [-0.3, -0.25) is 14.2 Å². The van der Waals surface area contributed by atoms with Gasteiger partial charge in [0.1, 0.15) is 19.3 Å². The summed E-state index contributed by atoms with van der Waals surface area (Å²) in [4.78, 5) is 40.1. The summed E-state index contributed by atoms with van der Waals surface area (Å²) in [6.45, 7) is 6.67. The lowest BCUT2D eigenvalue weighted by Crippen LogP contribution is -2.47. The van der Waals surface area contributed by atoms with Crippen molar-refractivity contribution in [3.05, 3.63) is 122 Å². The first-order chi connectivity index (χ1) is 39.4. The van der Waals surface area contributed by atoms with Crippen molar-refractivity contribution in [2.75, 3.05) is 40.9 Å². The molecule has 0 radical (unpaired) electrons. The third kappa shape index (κ3) is 60.8. The van der Waals surface area contributed by atoms with E-state index in [1.54, 1.807) is 0 Å². The predicted octanol–water partition coefficient (Wildman–Crippen LogP) is 20.0. The fraction of sp³-hybridized carbons (Fsp3) is 0.690. The quantitative estimate of drug-likeness (QED) is 0.0212. The fourth-order valence-corrected chi connectivity index (χ4v) is 9.55. The molecule has 0 saturated heterocycles. The molecule has 9 nitrogen and oxygen atoms in total. The lowest BCUT2D eigenvalue weighted by Gasteiger charge is -2.30. The van der Waals surface area contributed by atoms with Gasteiger partial charge in [-0.05, 0) is 122 Å². The van der Waals surface area contributed by atoms with E-state index in [2.05, 4.69) is 135 Å². The molecule has 0 fully saturated rings. The maximum atomic E-state index is 13.6. The van der Waals surface area contributed by atoms with E-state index in [-0.39, 0.29) is 31.3 Å². The SMILES string of the molecule is CC/C=C\C/C=C\C/C=C\C/C=C\C/C=C\CCCCCCCC(=O)OC(/C=C/CCCCCCCCCCCCC)C(COP(=O)([O-])OCC[N+](C)(C)C)NC(=O)CCCCCCC/C=C\C/C=C\C/C=C\C/C=C\CCCCC. The van der Waals surface area contributed by atoms with Gasteiger partial charge in [-0.1, -0.05) is 252 Å². The molecule has 464 valence electrons. The number of esters is 1. The summed E-state index contributed by atoms with van der Waals surface area (Å²) in [5.41, 5.74) is 0. The van der Waals surface area contributed by atoms with Crippen molar-refractivity contribution in [3.63, 3.8) is 0 Å². The second kappa shape index (κ2) is 59.6. The Labute approximate surface area is 499 Å². The van der Waals surface area contributed by atoms with Gasteiger partial charge in [0.05, 0.1) is 33.8 Å². The van der Waals surface area contributed by atoms with Gasteiger partial charge < -0.3 is 28.5 Å². The number of nitrogens with one attached hydrogen (secondary N) is 1. The van der Waals surface area contributed by atoms with Gasteiger partial charge in [0, 0.05) is 12.8 Å². The number of ether oxygens (including phenoxy) is 1. The Morgan fingerprint density at radius 1 is 0.444 bits per heavy atom. The van der Waals surface area contributed by atoms with Crippen molar-refractivity contribution in [1.82, 2.24) is 5.32 Å². The second-order valence-corrected chi connectivity index (χ2v) is 24.3. The first kappa shape index (κ1) is 77.4. The van der Waals surface area contributed by atoms with E-state index >= 15 is 0 Å². The molecule has 0 aliphatic rings. The number of likely N-dealkylation sites (N-methyl/N-ethyl adjacent to an activating group) is 1. The molecule has 0 aromatic carbocycles. The van der Waals surface area contributed by atoms with E-state index < -0.39 is 26.6 Å². The maximum absolute atomic E-state index is 13.6. The van der Waals surface area contributed by atoms with Crippen LogP contribution in [0.25, 0.3) is 0 Å². The highest BCUT2D eigenvalue weighted by Crippen LogP contribution is 2.38. The smallest absolute Gasteiger partial charge is 0.306 e. The molecular weight excluding hydrogens is 1020 g/mol. The predicted molar refractivity (Wildman–Crippen MR) is 348 cm³/mol. The molecule has 0 bridgehead atoms. The van der Waals surface area contributed by atoms with Crippen LogP contribution in [0.2, 0.25) is 0 Å². The van der Waals surface area contributed by atoms with Gasteiger partial charge in [-0.2, -0.15) is 0 Å². The average Bonchev–Trinajstić information content (AvgIpc) is 3.44. The van der Waals surface area contributed by atoms with Crippen LogP contribution in [0.15, 0.2) is 122 Å². The first-order valence-electron chi connectivity index (χ1n) is 32.8. The molecule has 0 aromatic heterocycles. The van der Waals surface area contributed by atoms with Crippen LogP contribution in [0.4, 0.5) is 0 Å². The van der Waals surface area contributed by atoms with Crippen molar-refractivity contribution in [2.45, 2.75) is 277 Å². The summed E-state index contributed by atoms with van der Waals surface area (Å²) >= 11 is 0. The molecule has 0 spiro atoms. The second-order valence-electron chi connectivity index (χ2n) is 22.9. The van der Waals surface area contributed by atoms with Crippen LogP contribution in [-0.4, -0.2) is 69.4 Å². The molecule has 0 aliphatic carbocycles. The fourth-order valence-electron chi connectivity index (χ4n) is 8.83. The molecular formula is C71H123N2O7P. The zero-order chi connectivity index (χ0) is 59.3. The largest absolute Gasteiger partial charge is 0.756 e. The lowest BCUT2D eigenvalue weighted by atomic mass is 10.0. The number of rotatable bonds is 58. The molecule has 0 aromatic rings. The molecule has 0 aliphatic heterocycles. The summed E-state index contributed by atoms with van der Waals surface area (Å²) in [6.07, 6.45) is 83.0. The number of phosphoric acid groups is 1. The Morgan fingerprint density at radius 3 is 1.21 bits per heavy atom. The highest BCUT2D eigenvalue weighted by molar-refractivity contribution is 7.45. The van der Waals surface area contributed by atoms with Crippen LogP contribution < -0.4 is 10.2 Å². The minimum absolute atomic E-state index is 0.0362. The Bertz CT molecular complexity index is 1800. The summed E-state index contributed by atoms with van der Waals surface area (Å²) in [7, 11) is 1.14. The highest BCUT2D eigenvalue weighted by Gasteiger charge is 2.27. The molecule has 0 heterocycles. The van der Waals surface area contributed by atoms with Gasteiger partial charge in [0.15, 0.2) is 0 Å². The highest BCUT2D eigenvalue weighted by atomic mass is 31.2. The molecule has 0 rings (SSSR count). The molecule has 1 N–H and O–H groups in total. The molecule has 3 unspecified atom stereocenters. The number of quaternary nitrogens is 1. The van der Waals surface area contributed by atoms with E-state index in [9.17, 15) is 19.0 Å². The van der Waals surface area contributed by atoms with Crippen molar-refractivity contribution in [2.24, 2.45) is 0 Å². The summed E-state index contributed by atoms with van der Waals surface area (Å²) < 4.78 is 30.4. The molecule has 81 heavy (non-hydrogen) atoms. The summed E-state index contributed by atoms with van der Waals surface area (Å²) in [6, 6.07) is -0.916. The minimum Gasteiger partial charge on any atom is -0.756 e. The number of carbonyl (C=O) groups is 2. The van der Waals surface area contributed by atoms with Crippen molar-refractivity contribution < 1.29 is 37.3 Å². The number of hydrogen-bond acceptors (Lipinski definition) is 7. The van der Waals surface area contributed by atoms with Crippen LogP contribution in [0, 0.1) is 0 Å². The molecule has 10 heteroatoms. The van der Waals surface area contributed by atoms with Gasteiger partial charge in [0.2, 0.25) is 5.91 Å². The van der Waals surface area contributed by atoms with Crippen LogP contribution in [0.5, 0.6) is 0 Å². The van der Waals surface area contributed by atoms with Crippen molar-refractivity contribution >= 4 is 19.7 Å². The van der Waals surface area contributed by atoms with Crippen LogP contribution in [0.3, 0.4) is 0 Å². The number of carbonyl (C=O) groups excluding carboxylic acids is 2. The average molecular weight is 1150 g/mol. The van der Waals surface area contributed by atoms with Gasteiger partial charge in [-0.25, -0.2) is 0 Å². The normalized spacial score (nSPS) is 14.4. The number of unbranched alkanes of at least 4 members (excludes halogenated alkanes) is 24. The zero-order valence-electron chi connectivity index (χ0n) is 52.9. The number of allylic oxidation sites excluding steroid dienone is 19. The zero-order valence-corrected chi connectivity index (χ0v) is 53.8. The summed E-state index contributed by atoms with van der Waals surface area (Å²) in [5, 5.41) is 3.02. The van der Waals surface area contributed by atoms with E-state index in [1.807, 2.05) is 33.3 Å². The first-order valence-corrected chi connectivity index (χ1v) is 34.3.